The van der Waals surface area contributed by atoms with Gasteiger partial charge in [-0.25, -0.2) is 0 Å². The molecular formula is C11H17O8P. The van der Waals surface area contributed by atoms with E-state index in [1.165, 1.54) is 0 Å². The van der Waals surface area contributed by atoms with Crippen LogP contribution in [0.25, 0.3) is 0 Å². The highest BCUT2D eigenvalue weighted by Gasteiger charge is 2.76. The molecule has 0 bridgehead atoms. The Kier molecular flexibility index (Phi) is 3.04. The summed E-state index contributed by atoms with van der Waals surface area (Å²) in [6.45, 7) is 1.46. The SMILES string of the molecule is O=P1(C2(C3(C4CCO4)CCO3)CCO2)OCC(O)OO1. The monoisotopic (exact) mass is 308 g/mol. The third-order valence-corrected chi connectivity index (χ3v) is 6.96. The van der Waals surface area contributed by atoms with E-state index in [-0.39, 0.29) is 12.7 Å². The van der Waals surface area contributed by atoms with E-state index >= 15 is 0 Å². The number of rotatable bonds is 3. The van der Waals surface area contributed by atoms with E-state index in [0.29, 0.717) is 32.7 Å². The van der Waals surface area contributed by atoms with Crippen LogP contribution in [0.1, 0.15) is 19.3 Å². The second-order valence-corrected chi connectivity index (χ2v) is 7.56. The Morgan fingerprint density at radius 1 is 1.15 bits per heavy atom. The van der Waals surface area contributed by atoms with Crippen LogP contribution in [0.4, 0.5) is 0 Å². The molecule has 0 saturated carbocycles. The Bertz CT molecular complexity index is 430. The summed E-state index contributed by atoms with van der Waals surface area (Å²) >= 11 is 0. The third-order valence-electron chi connectivity index (χ3n) is 4.58. The lowest BCUT2D eigenvalue weighted by Crippen LogP contribution is -2.74. The van der Waals surface area contributed by atoms with Crippen molar-refractivity contribution in [1.29, 1.82) is 0 Å². The zero-order chi connectivity index (χ0) is 13.8. The average Bonchev–Trinajstić information content (AvgIpc) is 2.26. The number of hydrogen-bond donors (Lipinski definition) is 1. The summed E-state index contributed by atoms with van der Waals surface area (Å²) in [5, 5.41) is 8.06. The lowest BCUT2D eigenvalue weighted by molar-refractivity contribution is -0.370. The van der Waals surface area contributed by atoms with Crippen molar-refractivity contribution in [3.8, 4) is 0 Å². The molecule has 4 rings (SSSR count). The maximum absolute atomic E-state index is 13.0. The first kappa shape index (κ1) is 13.6. The van der Waals surface area contributed by atoms with Gasteiger partial charge in [0.1, 0.15) is 12.2 Å². The normalized spacial score (nSPS) is 55.5. The molecule has 0 aromatic carbocycles. The van der Waals surface area contributed by atoms with Crippen molar-refractivity contribution in [2.45, 2.75) is 42.6 Å². The van der Waals surface area contributed by atoms with E-state index in [2.05, 4.69) is 4.89 Å². The molecule has 4 aliphatic heterocycles. The predicted molar refractivity (Wildman–Crippen MR) is 62.7 cm³/mol. The van der Waals surface area contributed by atoms with Crippen LogP contribution in [-0.4, -0.2) is 54.9 Å². The van der Waals surface area contributed by atoms with Gasteiger partial charge in [-0.1, -0.05) is 0 Å². The summed E-state index contributed by atoms with van der Waals surface area (Å²) < 4.78 is 40.2. The average molecular weight is 308 g/mol. The molecule has 20 heavy (non-hydrogen) atoms. The zero-order valence-corrected chi connectivity index (χ0v) is 11.8. The van der Waals surface area contributed by atoms with Crippen LogP contribution in [0, 0.1) is 0 Å². The molecule has 4 saturated heterocycles. The highest BCUT2D eigenvalue weighted by atomic mass is 31.2. The summed E-state index contributed by atoms with van der Waals surface area (Å²) in [5.74, 6) is 0. The van der Waals surface area contributed by atoms with Gasteiger partial charge in [0.05, 0.1) is 19.3 Å². The van der Waals surface area contributed by atoms with Crippen molar-refractivity contribution in [2.24, 2.45) is 0 Å². The molecule has 114 valence electrons. The highest BCUT2D eigenvalue weighted by molar-refractivity contribution is 7.55. The van der Waals surface area contributed by atoms with Gasteiger partial charge in [-0.2, -0.15) is 4.89 Å². The predicted octanol–water partition coefficient (Wildman–Crippen LogP) is 0.541. The summed E-state index contributed by atoms with van der Waals surface area (Å²) in [5.41, 5.74) is -0.801. The lowest BCUT2D eigenvalue weighted by atomic mass is 9.76. The molecule has 4 heterocycles. The van der Waals surface area contributed by atoms with Gasteiger partial charge in [0, 0.05) is 19.4 Å². The van der Waals surface area contributed by atoms with Crippen molar-refractivity contribution < 1.29 is 38.0 Å². The topological polar surface area (TPSA) is 92.7 Å². The Hall–Kier alpha value is -0.0500. The standard InChI is InChI=1S/C11H17O8P/c12-9-7-17-20(13,19-18-9)11(3-6-16-11)10(2-5-15-10)8-1-4-14-8/h8-9,12H,1-7H2. The summed E-state index contributed by atoms with van der Waals surface area (Å²) in [7, 11) is -3.72. The van der Waals surface area contributed by atoms with Gasteiger partial charge in [0.2, 0.25) is 11.6 Å². The molecule has 0 aromatic heterocycles. The van der Waals surface area contributed by atoms with Gasteiger partial charge < -0.3 is 19.3 Å². The lowest BCUT2D eigenvalue weighted by Gasteiger charge is -2.63. The molecule has 1 N–H and O–H groups in total. The highest BCUT2D eigenvalue weighted by Crippen LogP contribution is 2.73. The van der Waals surface area contributed by atoms with Crippen LogP contribution in [0.3, 0.4) is 0 Å². The number of aliphatic hydroxyl groups is 1. The van der Waals surface area contributed by atoms with Crippen LogP contribution in [0.2, 0.25) is 0 Å². The number of hydrogen-bond acceptors (Lipinski definition) is 8. The van der Waals surface area contributed by atoms with E-state index < -0.39 is 24.8 Å². The number of ether oxygens (including phenoxy) is 3. The quantitative estimate of drug-likeness (QED) is 0.596. The fourth-order valence-corrected chi connectivity index (χ4v) is 5.60. The second-order valence-electron chi connectivity index (χ2n) is 5.44. The first-order valence-corrected chi connectivity index (χ1v) is 8.34. The molecule has 4 aliphatic rings. The van der Waals surface area contributed by atoms with Crippen LogP contribution < -0.4 is 0 Å². The van der Waals surface area contributed by atoms with Gasteiger partial charge in [0.15, 0.2) is 0 Å². The maximum atomic E-state index is 13.0. The summed E-state index contributed by atoms with van der Waals surface area (Å²) in [4.78, 5) is 4.66. The number of aliphatic hydroxyl groups excluding tert-OH is 1. The molecule has 5 atom stereocenters. The Morgan fingerprint density at radius 2 is 1.85 bits per heavy atom. The Balaban J connectivity index is 1.67. The van der Waals surface area contributed by atoms with E-state index in [9.17, 15) is 9.67 Å². The Labute approximate surface area is 115 Å². The van der Waals surface area contributed by atoms with Crippen molar-refractivity contribution in [2.75, 3.05) is 26.4 Å². The van der Waals surface area contributed by atoms with Crippen molar-refractivity contribution in [3.63, 3.8) is 0 Å². The molecule has 0 aromatic rings. The fraction of sp³-hybridized carbons (Fsp3) is 1.00. The maximum Gasteiger partial charge on any atom is 0.392 e. The van der Waals surface area contributed by atoms with Crippen LogP contribution in [0.5, 0.6) is 0 Å². The second kappa shape index (κ2) is 4.47. The first-order chi connectivity index (χ1) is 9.62. The fourth-order valence-electron chi connectivity index (χ4n) is 3.30. The van der Waals surface area contributed by atoms with Gasteiger partial charge in [-0.05, 0) is 6.42 Å². The largest absolute Gasteiger partial charge is 0.392 e. The van der Waals surface area contributed by atoms with Crippen LogP contribution in [0.15, 0.2) is 0 Å². The molecule has 0 radical (unpaired) electrons. The van der Waals surface area contributed by atoms with E-state index in [0.717, 1.165) is 6.42 Å². The minimum atomic E-state index is -3.72. The molecule has 9 heteroatoms. The van der Waals surface area contributed by atoms with Crippen molar-refractivity contribution in [3.05, 3.63) is 0 Å². The Morgan fingerprint density at radius 3 is 2.20 bits per heavy atom. The zero-order valence-electron chi connectivity index (χ0n) is 10.9. The van der Waals surface area contributed by atoms with Gasteiger partial charge in [-0.3, -0.25) is 9.09 Å². The smallest absolute Gasteiger partial charge is 0.375 e. The first-order valence-electron chi connectivity index (χ1n) is 6.79. The minimum Gasteiger partial charge on any atom is -0.375 e. The van der Waals surface area contributed by atoms with Crippen molar-refractivity contribution >= 4 is 7.60 Å². The minimum absolute atomic E-state index is 0.165. The van der Waals surface area contributed by atoms with Gasteiger partial charge in [-0.15, -0.1) is 4.67 Å². The van der Waals surface area contributed by atoms with Gasteiger partial charge in [0.25, 0.3) is 0 Å². The molecule has 0 spiro atoms. The van der Waals surface area contributed by atoms with Gasteiger partial charge >= 0.3 is 7.60 Å². The van der Waals surface area contributed by atoms with E-state index in [4.69, 9.17) is 23.4 Å². The van der Waals surface area contributed by atoms with Crippen LogP contribution in [-0.2, 0) is 32.9 Å². The molecule has 0 amide bonds. The van der Waals surface area contributed by atoms with E-state index in [1.54, 1.807) is 0 Å². The molecule has 4 fully saturated rings. The molecular weight excluding hydrogens is 291 g/mol. The van der Waals surface area contributed by atoms with Crippen molar-refractivity contribution in [1.82, 2.24) is 0 Å². The summed E-state index contributed by atoms with van der Waals surface area (Å²) in [6.07, 6.45) is 0.587. The molecule has 0 aliphatic carbocycles. The summed E-state index contributed by atoms with van der Waals surface area (Å²) in [6, 6.07) is 0. The molecule has 5 unspecified atom stereocenters. The molecule has 8 nitrogen and oxygen atoms in total. The van der Waals surface area contributed by atoms with E-state index in [1.807, 2.05) is 0 Å². The van der Waals surface area contributed by atoms with Crippen LogP contribution >= 0.6 is 7.60 Å². The third kappa shape index (κ3) is 1.54.